The second kappa shape index (κ2) is 8.49. The number of hydrogen-bond donors (Lipinski definition) is 1. The zero-order valence-electron chi connectivity index (χ0n) is 16.5. The molecule has 0 saturated heterocycles. The lowest BCUT2D eigenvalue weighted by Crippen LogP contribution is -2.15. The smallest absolute Gasteiger partial charge is 0.261 e. The summed E-state index contributed by atoms with van der Waals surface area (Å²) in [6.07, 6.45) is 3.52. The molecule has 0 radical (unpaired) electrons. The molecule has 0 atom stereocenters. The van der Waals surface area contributed by atoms with E-state index >= 15 is 0 Å². The van der Waals surface area contributed by atoms with Crippen LogP contribution < -0.4 is 4.72 Å². The molecule has 0 unspecified atom stereocenters. The van der Waals surface area contributed by atoms with Crippen molar-refractivity contribution in [2.45, 2.75) is 18.2 Å². The summed E-state index contributed by atoms with van der Waals surface area (Å²) in [4.78, 5) is 20.0. The van der Waals surface area contributed by atoms with E-state index in [0.29, 0.717) is 28.5 Å². The largest absolute Gasteiger partial charge is 0.339 e. The van der Waals surface area contributed by atoms with Gasteiger partial charge in [0.2, 0.25) is 11.7 Å². The lowest BCUT2D eigenvalue weighted by Gasteiger charge is -2.12. The van der Waals surface area contributed by atoms with Crippen LogP contribution >= 0.6 is 0 Å². The number of pyridine rings is 1. The summed E-state index contributed by atoms with van der Waals surface area (Å²) in [6, 6.07) is 16.4. The molecule has 0 saturated carbocycles. The van der Waals surface area contributed by atoms with Crippen LogP contribution in [0.5, 0.6) is 0 Å². The first-order valence-corrected chi connectivity index (χ1v) is 10.9. The van der Waals surface area contributed by atoms with Crippen molar-refractivity contribution in [1.82, 2.24) is 15.1 Å². The van der Waals surface area contributed by atoms with Crippen LogP contribution in [0.15, 0.2) is 82.5 Å². The molecule has 8 nitrogen and oxygen atoms in total. The van der Waals surface area contributed by atoms with Gasteiger partial charge in [0, 0.05) is 23.5 Å². The molecule has 1 N–H and O–H groups in total. The summed E-state index contributed by atoms with van der Waals surface area (Å²) in [5.41, 5.74) is 2.09. The third-order valence-corrected chi connectivity index (χ3v) is 5.91. The zero-order chi connectivity index (χ0) is 21.8. The molecular formula is C22H18N4O4S. The Hall–Kier alpha value is -3.85. The first kappa shape index (κ1) is 20.4. The van der Waals surface area contributed by atoms with Gasteiger partial charge >= 0.3 is 0 Å². The summed E-state index contributed by atoms with van der Waals surface area (Å²) in [5, 5.41) is 3.96. The summed E-state index contributed by atoms with van der Waals surface area (Å²) in [6.45, 7) is 1.39. The maximum absolute atomic E-state index is 12.9. The second-order valence-electron chi connectivity index (χ2n) is 6.78. The number of ketones is 1. The van der Waals surface area contributed by atoms with Crippen LogP contribution in [0.25, 0.3) is 11.4 Å². The molecule has 2 heterocycles. The lowest BCUT2D eigenvalue weighted by atomic mass is 10.1. The number of benzene rings is 2. The van der Waals surface area contributed by atoms with Crippen molar-refractivity contribution in [3.8, 4) is 11.4 Å². The zero-order valence-corrected chi connectivity index (χ0v) is 17.3. The number of nitrogens with one attached hydrogen (secondary N) is 1. The Morgan fingerprint density at radius 2 is 1.90 bits per heavy atom. The number of aromatic nitrogens is 3. The average Bonchev–Trinajstić information content (AvgIpc) is 3.24. The molecule has 9 heteroatoms. The molecule has 0 aliphatic carbocycles. The SMILES string of the molecule is CC(=O)c1cccc(S(=O)(=O)Nc2ccccc2Cc2nc(-c3cccnc3)no2)c1. The van der Waals surface area contributed by atoms with Crippen molar-refractivity contribution < 1.29 is 17.7 Å². The monoisotopic (exact) mass is 434 g/mol. The minimum atomic E-state index is -3.90. The molecule has 0 bridgehead atoms. The average molecular weight is 434 g/mol. The second-order valence-corrected chi connectivity index (χ2v) is 8.46. The van der Waals surface area contributed by atoms with Crippen molar-refractivity contribution in [2.24, 2.45) is 0 Å². The van der Waals surface area contributed by atoms with Crippen LogP contribution in [-0.2, 0) is 16.4 Å². The minimum absolute atomic E-state index is 0.00616. The molecular weight excluding hydrogens is 416 g/mol. The maximum Gasteiger partial charge on any atom is 0.261 e. The van der Waals surface area contributed by atoms with Crippen LogP contribution in [0.3, 0.4) is 0 Å². The Morgan fingerprint density at radius 1 is 1.06 bits per heavy atom. The molecule has 0 fully saturated rings. The molecule has 0 spiro atoms. The van der Waals surface area contributed by atoms with E-state index in [4.69, 9.17) is 4.52 Å². The predicted octanol–water partition coefficient (Wildman–Crippen LogP) is 3.73. The van der Waals surface area contributed by atoms with Crippen molar-refractivity contribution in [1.29, 1.82) is 0 Å². The maximum atomic E-state index is 12.9. The Kier molecular flexibility index (Phi) is 5.59. The number of carbonyl (C=O) groups is 1. The fraction of sp³-hybridized carbons (Fsp3) is 0.0909. The molecule has 0 amide bonds. The number of para-hydroxylation sites is 1. The summed E-state index contributed by atoms with van der Waals surface area (Å²) < 4.78 is 33.7. The highest BCUT2D eigenvalue weighted by Gasteiger charge is 2.18. The van der Waals surface area contributed by atoms with Gasteiger partial charge in [-0.05, 0) is 42.8 Å². The van der Waals surface area contributed by atoms with Gasteiger partial charge in [0.25, 0.3) is 10.0 Å². The summed E-state index contributed by atoms with van der Waals surface area (Å²) in [7, 11) is -3.90. The van der Waals surface area contributed by atoms with Gasteiger partial charge in [0.15, 0.2) is 5.78 Å². The van der Waals surface area contributed by atoms with Crippen molar-refractivity contribution in [2.75, 3.05) is 4.72 Å². The van der Waals surface area contributed by atoms with Gasteiger partial charge in [-0.15, -0.1) is 0 Å². The quantitative estimate of drug-likeness (QED) is 0.441. The Morgan fingerprint density at radius 3 is 2.68 bits per heavy atom. The summed E-state index contributed by atoms with van der Waals surface area (Å²) in [5.74, 6) is 0.532. The van der Waals surface area contributed by atoms with E-state index in [1.165, 1.54) is 25.1 Å². The third-order valence-electron chi connectivity index (χ3n) is 4.54. The predicted molar refractivity (Wildman–Crippen MR) is 114 cm³/mol. The van der Waals surface area contributed by atoms with Crippen molar-refractivity contribution in [3.05, 3.63) is 90.1 Å². The highest BCUT2D eigenvalue weighted by Crippen LogP contribution is 2.24. The van der Waals surface area contributed by atoms with E-state index in [-0.39, 0.29) is 17.1 Å². The van der Waals surface area contributed by atoms with Crippen LogP contribution in [0.4, 0.5) is 5.69 Å². The molecule has 4 aromatic rings. The first-order valence-electron chi connectivity index (χ1n) is 9.37. The Balaban J connectivity index is 1.59. The van der Waals surface area contributed by atoms with E-state index in [1.807, 2.05) is 6.07 Å². The third kappa shape index (κ3) is 4.67. The fourth-order valence-electron chi connectivity index (χ4n) is 2.96. The van der Waals surface area contributed by atoms with Crippen LogP contribution in [-0.4, -0.2) is 29.3 Å². The molecule has 0 aliphatic rings. The Labute approximate surface area is 179 Å². The molecule has 0 aliphatic heterocycles. The highest BCUT2D eigenvalue weighted by molar-refractivity contribution is 7.92. The summed E-state index contributed by atoms with van der Waals surface area (Å²) >= 11 is 0. The number of rotatable bonds is 7. The fourth-order valence-corrected chi connectivity index (χ4v) is 4.11. The van der Waals surface area contributed by atoms with Crippen molar-refractivity contribution in [3.63, 3.8) is 0 Å². The van der Waals surface area contributed by atoms with E-state index in [0.717, 1.165) is 5.56 Å². The van der Waals surface area contributed by atoms with Gasteiger partial charge in [-0.3, -0.25) is 14.5 Å². The normalized spacial score (nSPS) is 11.3. The van der Waals surface area contributed by atoms with Gasteiger partial charge in [0.1, 0.15) is 0 Å². The van der Waals surface area contributed by atoms with E-state index in [9.17, 15) is 13.2 Å². The van der Waals surface area contributed by atoms with Gasteiger partial charge < -0.3 is 4.52 Å². The van der Waals surface area contributed by atoms with Gasteiger partial charge in [-0.25, -0.2) is 8.42 Å². The molecule has 2 aromatic carbocycles. The molecule has 2 aromatic heterocycles. The number of Topliss-reactive ketones (excluding diaryl/α,β-unsaturated/α-hetero) is 1. The van der Waals surface area contributed by atoms with Gasteiger partial charge in [-0.1, -0.05) is 35.5 Å². The number of hydrogen-bond acceptors (Lipinski definition) is 7. The lowest BCUT2D eigenvalue weighted by molar-refractivity contribution is 0.101. The van der Waals surface area contributed by atoms with Crippen molar-refractivity contribution >= 4 is 21.5 Å². The standard InChI is InChI=1S/C22H18N4O4S/c1-15(27)16-7-4-9-19(12-16)31(28,29)26-20-10-3-2-6-17(20)13-21-24-22(25-30-21)18-8-5-11-23-14-18/h2-12,14,26H,13H2,1H3. The number of sulfonamides is 1. The number of nitrogens with zero attached hydrogens (tertiary/aromatic N) is 3. The number of anilines is 1. The number of carbonyl (C=O) groups excluding carboxylic acids is 1. The topological polar surface area (TPSA) is 115 Å². The Bertz CT molecular complexity index is 1330. The van der Waals surface area contributed by atoms with Gasteiger partial charge in [-0.2, -0.15) is 4.98 Å². The highest BCUT2D eigenvalue weighted by atomic mass is 32.2. The van der Waals surface area contributed by atoms with E-state index < -0.39 is 10.0 Å². The molecule has 4 rings (SSSR count). The van der Waals surface area contributed by atoms with Crippen LogP contribution in [0.2, 0.25) is 0 Å². The van der Waals surface area contributed by atoms with E-state index in [2.05, 4.69) is 19.8 Å². The first-order chi connectivity index (χ1) is 14.9. The van der Waals surface area contributed by atoms with Crippen LogP contribution in [0, 0.1) is 0 Å². The molecule has 31 heavy (non-hydrogen) atoms. The van der Waals surface area contributed by atoms with Gasteiger partial charge in [0.05, 0.1) is 17.0 Å². The van der Waals surface area contributed by atoms with Crippen LogP contribution in [0.1, 0.15) is 28.7 Å². The van der Waals surface area contributed by atoms with E-state index in [1.54, 1.807) is 48.8 Å². The minimum Gasteiger partial charge on any atom is -0.339 e. The molecule has 156 valence electrons.